The van der Waals surface area contributed by atoms with Gasteiger partial charge in [0.1, 0.15) is 11.3 Å². The lowest BCUT2D eigenvalue weighted by atomic mass is 9.97. The van der Waals surface area contributed by atoms with Gasteiger partial charge in [-0.1, -0.05) is 23.8 Å². The maximum absolute atomic E-state index is 12.1. The summed E-state index contributed by atoms with van der Waals surface area (Å²) < 4.78 is 1.07. The van der Waals surface area contributed by atoms with Crippen LogP contribution in [0.15, 0.2) is 50.6 Å². The zero-order valence-corrected chi connectivity index (χ0v) is 15.7. The van der Waals surface area contributed by atoms with E-state index in [0.717, 1.165) is 36.5 Å². The number of hydrogen-bond acceptors (Lipinski definition) is 6. The van der Waals surface area contributed by atoms with Crippen molar-refractivity contribution in [3.8, 4) is 11.6 Å². The van der Waals surface area contributed by atoms with E-state index in [4.69, 9.17) is 0 Å². The number of nitrogens with one attached hydrogen (secondary N) is 2. The van der Waals surface area contributed by atoms with Gasteiger partial charge in [-0.3, -0.25) is 19.1 Å². The zero-order valence-electron chi connectivity index (χ0n) is 15.7. The monoisotopic (exact) mass is 398 g/mol. The summed E-state index contributed by atoms with van der Waals surface area (Å²) in [5.41, 5.74) is 1.62. The Morgan fingerprint density at radius 1 is 1.24 bits per heavy atom. The van der Waals surface area contributed by atoms with Crippen LogP contribution in [0.3, 0.4) is 0 Å². The van der Waals surface area contributed by atoms with Crippen molar-refractivity contribution in [2.24, 2.45) is 5.10 Å². The Hall–Kier alpha value is -3.62. The molecule has 1 aliphatic rings. The van der Waals surface area contributed by atoms with E-state index in [9.17, 15) is 24.6 Å². The van der Waals surface area contributed by atoms with E-state index in [1.54, 1.807) is 12.1 Å². The van der Waals surface area contributed by atoms with E-state index < -0.39 is 23.0 Å². The third kappa shape index (κ3) is 4.81. The first kappa shape index (κ1) is 20.1. The average molecular weight is 398 g/mol. The van der Waals surface area contributed by atoms with Gasteiger partial charge in [-0.05, 0) is 44.2 Å². The van der Waals surface area contributed by atoms with Gasteiger partial charge in [0.2, 0.25) is 5.88 Å². The van der Waals surface area contributed by atoms with Crippen molar-refractivity contribution in [3.63, 3.8) is 0 Å². The van der Waals surface area contributed by atoms with Gasteiger partial charge in [0.25, 0.3) is 11.5 Å². The topological polar surface area (TPSA) is 137 Å². The number of rotatable bonds is 6. The summed E-state index contributed by atoms with van der Waals surface area (Å²) >= 11 is 0. The molecular formula is C20H22N4O5. The molecule has 0 saturated heterocycles. The Labute approximate surface area is 166 Å². The predicted octanol–water partition coefficient (Wildman–Crippen LogP) is 1.60. The van der Waals surface area contributed by atoms with Crippen molar-refractivity contribution in [1.29, 1.82) is 0 Å². The molecule has 1 aromatic carbocycles. The third-order valence-electron chi connectivity index (χ3n) is 4.76. The van der Waals surface area contributed by atoms with Crippen LogP contribution in [0.5, 0.6) is 11.6 Å². The molecule has 0 atom stereocenters. The molecule has 0 spiro atoms. The van der Waals surface area contributed by atoms with Crippen LogP contribution in [0.2, 0.25) is 0 Å². The van der Waals surface area contributed by atoms with E-state index in [2.05, 4.69) is 21.6 Å². The summed E-state index contributed by atoms with van der Waals surface area (Å²) in [5, 5.41) is 23.7. The summed E-state index contributed by atoms with van der Waals surface area (Å²) in [6.07, 6.45) is 7.94. The summed E-state index contributed by atoms with van der Waals surface area (Å²) in [7, 11) is 0. The standard InChI is InChI=1S/C20H22N4O5/c25-16-9-5-4-8-14(16)18(27)23-21-12-15-17(26)22-20(29)24(19(15)28)11-10-13-6-2-1-3-7-13/h4-6,8-9,12,25,28H,1-3,7,10-11H2,(H,23,27)(H,22,26,29)/b21-12+. The fourth-order valence-corrected chi connectivity index (χ4v) is 3.17. The Balaban J connectivity index is 1.76. The Morgan fingerprint density at radius 3 is 2.76 bits per heavy atom. The summed E-state index contributed by atoms with van der Waals surface area (Å²) in [6, 6.07) is 5.91. The lowest BCUT2D eigenvalue weighted by molar-refractivity contribution is 0.0952. The molecule has 0 fully saturated rings. The first-order valence-electron chi connectivity index (χ1n) is 9.32. The third-order valence-corrected chi connectivity index (χ3v) is 4.76. The molecule has 2 aromatic rings. The molecule has 0 radical (unpaired) electrons. The van der Waals surface area contributed by atoms with Gasteiger partial charge in [-0.2, -0.15) is 5.10 Å². The van der Waals surface area contributed by atoms with Gasteiger partial charge < -0.3 is 10.2 Å². The molecule has 1 aliphatic carbocycles. The van der Waals surface area contributed by atoms with Crippen molar-refractivity contribution in [3.05, 3.63) is 67.9 Å². The fraction of sp³-hybridized carbons (Fsp3) is 0.300. The second-order valence-corrected chi connectivity index (χ2v) is 6.72. The predicted molar refractivity (Wildman–Crippen MR) is 107 cm³/mol. The molecule has 0 bridgehead atoms. The number of aromatic nitrogens is 2. The van der Waals surface area contributed by atoms with Crippen LogP contribution >= 0.6 is 0 Å². The lowest BCUT2D eigenvalue weighted by Crippen LogP contribution is -2.32. The first-order valence-corrected chi connectivity index (χ1v) is 9.32. The van der Waals surface area contributed by atoms with Crippen LogP contribution < -0.4 is 16.7 Å². The van der Waals surface area contributed by atoms with Crippen LogP contribution in [0.1, 0.15) is 48.0 Å². The van der Waals surface area contributed by atoms with Gasteiger partial charge in [-0.15, -0.1) is 0 Å². The van der Waals surface area contributed by atoms with Crippen molar-refractivity contribution < 1.29 is 15.0 Å². The molecule has 0 aliphatic heterocycles. The summed E-state index contributed by atoms with van der Waals surface area (Å²) in [4.78, 5) is 38.3. The van der Waals surface area contributed by atoms with E-state index in [-0.39, 0.29) is 23.4 Å². The lowest BCUT2D eigenvalue weighted by Gasteiger charge is -2.14. The van der Waals surface area contributed by atoms with Crippen molar-refractivity contribution in [2.75, 3.05) is 0 Å². The van der Waals surface area contributed by atoms with Gasteiger partial charge >= 0.3 is 5.69 Å². The van der Waals surface area contributed by atoms with Crippen molar-refractivity contribution in [1.82, 2.24) is 15.0 Å². The van der Waals surface area contributed by atoms with Crippen LogP contribution in [-0.4, -0.2) is 31.9 Å². The minimum atomic E-state index is -0.818. The smallest absolute Gasteiger partial charge is 0.331 e. The summed E-state index contributed by atoms with van der Waals surface area (Å²) in [5.74, 6) is -1.42. The molecule has 0 unspecified atom stereocenters. The number of phenolic OH excluding ortho intramolecular Hbond substituents is 1. The molecule has 3 rings (SSSR count). The molecule has 0 saturated carbocycles. The highest BCUT2D eigenvalue weighted by Gasteiger charge is 2.14. The number of aromatic hydroxyl groups is 2. The quantitative estimate of drug-likeness (QED) is 0.333. The Kier molecular flexibility index (Phi) is 6.28. The van der Waals surface area contributed by atoms with Gasteiger partial charge in [0.15, 0.2) is 0 Å². The molecule has 1 heterocycles. The van der Waals surface area contributed by atoms with E-state index >= 15 is 0 Å². The molecule has 9 heteroatoms. The normalized spacial score (nSPS) is 14.0. The molecule has 4 N–H and O–H groups in total. The number of carbonyl (C=O) groups is 1. The zero-order chi connectivity index (χ0) is 20.8. The van der Waals surface area contributed by atoms with Gasteiger partial charge in [0, 0.05) is 6.54 Å². The maximum atomic E-state index is 12.1. The highest BCUT2D eigenvalue weighted by molar-refractivity contribution is 5.97. The first-order chi connectivity index (χ1) is 14.0. The van der Waals surface area contributed by atoms with Crippen LogP contribution in [0.4, 0.5) is 0 Å². The minimum Gasteiger partial charge on any atom is -0.507 e. The van der Waals surface area contributed by atoms with Crippen molar-refractivity contribution in [2.45, 2.75) is 38.6 Å². The van der Waals surface area contributed by atoms with E-state index in [1.807, 2.05) is 0 Å². The summed E-state index contributed by atoms with van der Waals surface area (Å²) in [6.45, 7) is 0.221. The number of phenols is 1. The number of H-pyrrole nitrogens is 1. The number of carbonyl (C=O) groups excluding carboxylic acids is 1. The minimum absolute atomic E-state index is 0.00788. The van der Waals surface area contributed by atoms with E-state index in [1.165, 1.54) is 17.7 Å². The molecule has 1 amide bonds. The second kappa shape index (κ2) is 9.05. The number of aromatic amines is 1. The molecule has 1 aromatic heterocycles. The number of hydrogen-bond donors (Lipinski definition) is 4. The Bertz CT molecular complexity index is 1080. The molecule has 9 nitrogen and oxygen atoms in total. The number of para-hydroxylation sites is 1. The number of benzene rings is 1. The fourth-order valence-electron chi connectivity index (χ4n) is 3.17. The SMILES string of the molecule is O=C(N/N=C/c1c(O)n(CCC2=CCCCC2)c(=O)[nH]c1=O)c1ccccc1O. The van der Waals surface area contributed by atoms with Crippen LogP contribution in [-0.2, 0) is 6.54 Å². The molecule has 152 valence electrons. The van der Waals surface area contributed by atoms with Crippen LogP contribution in [0, 0.1) is 0 Å². The number of allylic oxidation sites excluding steroid dienone is 2. The largest absolute Gasteiger partial charge is 0.507 e. The number of nitrogens with zero attached hydrogens (tertiary/aromatic N) is 2. The van der Waals surface area contributed by atoms with Crippen LogP contribution in [0.25, 0.3) is 0 Å². The molecule has 29 heavy (non-hydrogen) atoms. The van der Waals surface area contributed by atoms with Gasteiger partial charge in [-0.25, -0.2) is 10.2 Å². The van der Waals surface area contributed by atoms with Crippen molar-refractivity contribution >= 4 is 12.1 Å². The van der Waals surface area contributed by atoms with Gasteiger partial charge in [0.05, 0.1) is 11.8 Å². The highest BCUT2D eigenvalue weighted by Crippen LogP contribution is 2.21. The van der Waals surface area contributed by atoms with E-state index in [0.29, 0.717) is 6.42 Å². The number of hydrazone groups is 1. The second-order valence-electron chi connectivity index (χ2n) is 6.72. The maximum Gasteiger partial charge on any atom is 0.331 e. The number of amides is 1. The Morgan fingerprint density at radius 2 is 2.03 bits per heavy atom. The average Bonchev–Trinajstić information content (AvgIpc) is 2.71. The highest BCUT2D eigenvalue weighted by atomic mass is 16.3. The molecular weight excluding hydrogens is 376 g/mol.